The van der Waals surface area contributed by atoms with Gasteiger partial charge in [0.2, 0.25) is 0 Å². The first-order valence-corrected chi connectivity index (χ1v) is 10.9. The molecule has 2 aromatic rings. The van der Waals surface area contributed by atoms with Crippen LogP contribution in [0, 0.1) is 0 Å². The summed E-state index contributed by atoms with van der Waals surface area (Å²) in [5.74, 6) is 0.347. The molecule has 3 rings (SSSR count). The minimum atomic E-state index is -3.87. The van der Waals surface area contributed by atoms with E-state index in [1.54, 1.807) is 36.8 Å². The number of hydrogen-bond donors (Lipinski definition) is 0. The van der Waals surface area contributed by atoms with Crippen LogP contribution in [0.2, 0.25) is 0 Å². The van der Waals surface area contributed by atoms with E-state index in [0.717, 1.165) is 28.7 Å². The van der Waals surface area contributed by atoms with Crippen molar-refractivity contribution < 1.29 is 17.9 Å². The summed E-state index contributed by atoms with van der Waals surface area (Å²) in [4.78, 5) is 14.4. The largest absolute Gasteiger partial charge is 0.497 e. The SMILES string of the molecule is C=CCN1C(=O)/C(=C/c2cccc(OC)c2)S/C1=N/S(=O)(=O)c1cccs1. The zero-order chi connectivity index (χ0) is 19.4. The molecule has 0 N–H and O–H groups in total. The van der Waals surface area contributed by atoms with Crippen molar-refractivity contribution in [1.29, 1.82) is 0 Å². The van der Waals surface area contributed by atoms with Crippen molar-refractivity contribution in [1.82, 2.24) is 4.90 Å². The van der Waals surface area contributed by atoms with Crippen LogP contribution < -0.4 is 4.74 Å². The van der Waals surface area contributed by atoms with Crippen LogP contribution in [0.4, 0.5) is 0 Å². The van der Waals surface area contributed by atoms with Gasteiger partial charge in [-0.3, -0.25) is 9.69 Å². The monoisotopic (exact) mass is 420 g/mol. The highest BCUT2D eigenvalue weighted by atomic mass is 32.2. The fourth-order valence-corrected chi connectivity index (χ4v) is 5.47. The summed E-state index contributed by atoms with van der Waals surface area (Å²) in [6.07, 6.45) is 3.21. The lowest BCUT2D eigenvalue weighted by Crippen LogP contribution is -2.29. The van der Waals surface area contributed by atoms with Gasteiger partial charge in [-0.05, 0) is 47.0 Å². The molecule has 0 aliphatic carbocycles. The number of rotatable bonds is 6. The third-order valence-electron chi connectivity index (χ3n) is 3.54. The second-order valence-electron chi connectivity index (χ2n) is 5.37. The van der Waals surface area contributed by atoms with Crippen molar-refractivity contribution in [3.8, 4) is 5.75 Å². The molecule has 1 aromatic heterocycles. The third kappa shape index (κ3) is 4.32. The van der Waals surface area contributed by atoms with Crippen molar-refractivity contribution in [3.63, 3.8) is 0 Å². The number of methoxy groups -OCH3 is 1. The predicted octanol–water partition coefficient (Wildman–Crippen LogP) is 3.60. The van der Waals surface area contributed by atoms with Gasteiger partial charge >= 0.3 is 0 Å². The van der Waals surface area contributed by atoms with E-state index >= 15 is 0 Å². The van der Waals surface area contributed by atoms with E-state index in [2.05, 4.69) is 11.0 Å². The lowest BCUT2D eigenvalue weighted by Gasteiger charge is -2.12. The number of thioether (sulfide) groups is 1. The number of ether oxygens (including phenoxy) is 1. The average Bonchev–Trinajstić information content (AvgIpc) is 3.28. The van der Waals surface area contributed by atoms with Crippen LogP contribution in [-0.4, -0.2) is 38.0 Å². The normalized spacial score (nSPS) is 17.7. The Morgan fingerprint density at radius 1 is 1.30 bits per heavy atom. The summed E-state index contributed by atoms with van der Waals surface area (Å²) in [6, 6.07) is 10.4. The fourth-order valence-electron chi connectivity index (χ4n) is 2.31. The Hall–Kier alpha value is -2.36. The Morgan fingerprint density at radius 2 is 2.11 bits per heavy atom. The molecule has 1 fully saturated rings. The zero-order valence-electron chi connectivity index (χ0n) is 14.4. The van der Waals surface area contributed by atoms with Gasteiger partial charge < -0.3 is 4.74 Å². The minimum absolute atomic E-state index is 0.113. The first kappa shape index (κ1) is 19.4. The Morgan fingerprint density at radius 3 is 2.78 bits per heavy atom. The number of amidine groups is 1. The van der Waals surface area contributed by atoms with E-state index in [0.29, 0.717) is 10.7 Å². The van der Waals surface area contributed by atoms with Gasteiger partial charge in [0, 0.05) is 6.54 Å². The molecule has 1 amide bonds. The van der Waals surface area contributed by atoms with Gasteiger partial charge in [0.25, 0.3) is 15.9 Å². The maximum atomic E-state index is 12.7. The fraction of sp³-hybridized carbons (Fsp3) is 0.111. The Labute approximate surface area is 165 Å². The molecule has 2 heterocycles. The quantitative estimate of drug-likeness (QED) is 0.527. The van der Waals surface area contributed by atoms with Crippen LogP contribution >= 0.6 is 23.1 Å². The molecule has 27 heavy (non-hydrogen) atoms. The standard InChI is InChI=1S/C18H16N2O4S3/c1-3-9-20-17(21)15(12-13-6-4-7-14(11-13)24-2)26-18(20)19-27(22,23)16-8-5-10-25-16/h3-8,10-12H,1,9H2,2H3/b15-12-,19-18+. The summed E-state index contributed by atoms with van der Waals surface area (Å²) in [5, 5.41) is 1.78. The van der Waals surface area contributed by atoms with Gasteiger partial charge in [-0.25, -0.2) is 0 Å². The molecule has 0 atom stereocenters. The van der Waals surface area contributed by atoms with Crippen molar-refractivity contribution in [3.05, 3.63) is 64.9 Å². The lowest BCUT2D eigenvalue weighted by molar-refractivity contribution is -0.121. The highest BCUT2D eigenvalue weighted by Crippen LogP contribution is 2.34. The van der Waals surface area contributed by atoms with E-state index in [9.17, 15) is 13.2 Å². The van der Waals surface area contributed by atoms with Gasteiger partial charge in [0.1, 0.15) is 9.96 Å². The highest BCUT2D eigenvalue weighted by molar-refractivity contribution is 8.19. The number of nitrogens with zero attached hydrogens (tertiary/aromatic N) is 2. The summed E-state index contributed by atoms with van der Waals surface area (Å²) in [5.41, 5.74) is 0.770. The summed E-state index contributed by atoms with van der Waals surface area (Å²) in [6.45, 7) is 3.80. The summed E-state index contributed by atoms with van der Waals surface area (Å²) in [7, 11) is -2.31. The molecule has 1 aromatic carbocycles. The molecular formula is C18H16N2O4S3. The van der Waals surface area contributed by atoms with Crippen LogP contribution in [-0.2, 0) is 14.8 Å². The van der Waals surface area contributed by atoms with Crippen LogP contribution in [0.1, 0.15) is 5.56 Å². The molecular weight excluding hydrogens is 404 g/mol. The van der Waals surface area contributed by atoms with Crippen LogP contribution in [0.25, 0.3) is 6.08 Å². The number of sulfonamides is 1. The molecule has 0 bridgehead atoms. The van der Waals surface area contributed by atoms with E-state index in [-0.39, 0.29) is 21.8 Å². The number of thiophene rings is 1. The molecule has 9 heteroatoms. The van der Waals surface area contributed by atoms with Gasteiger partial charge in [0.05, 0.1) is 12.0 Å². The number of amides is 1. The minimum Gasteiger partial charge on any atom is -0.497 e. The highest BCUT2D eigenvalue weighted by Gasteiger charge is 2.34. The molecule has 140 valence electrons. The molecule has 0 unspecified atom stereocenters. The van der Waals surface area contributed by atoms with E-state index < -0.39 is 10.0 Å². The van der Waals surface area contributed by atoms with Gasteiger partial charge in [-0.1, -0.05) is 24.3 Å². The molecule has 6 nitrogen and oxygen atoms in total. The first-order valence-electron chi connectivity index (χ1n) is 7.79. The van der Waals surface area contributed by atoms with E-state index in [1.165, 1.54) is 17.0 Å². The van der Waals surface area contributed by atoms with Crippen molar-refractivity contribution in [2.45, 2.75) is 4.21 Å². The molecule has 1 aliphatic heterocycles. The molecule has 1 aliphatic rings. The molecule has 0 radical (unpaired) electrons. The van der Waals surface area contributed by atoms with Gasteiger partial charge in [0.15, 0.2) is 5.17 Å². The Kier molecular flexibility index (Phi) is 5.83. The van der Waals surface area contributed by atoms with Crippen LogP contribution in [0.15, 0.2) is 67.9 Å². The predicted molar refractivity (Wildman–Crippen MR) is 109 cm³/mol. The van der Waals surface area contributed by atoms with Gasteiger partial charge in [-0.2, -0.15) is 8.42 Å². The second kappa shape index (κ2) is 8.12. The Balaban J connectivity index is 1.98. The number of hydrogen-bond acceptors (Lipinski definition) is 6. The van der Waals surface area contributed by atoms with Gasteiger partial charge in [-0.15, -0.1) is 22.3 Å². The van der Waals surface area contributed by atoms with Crippen molar-refractivity contribution in [2.75, 3.05) is 13.7 Å². The van der Waals surface area contributed by atoms with E-state index in [4.69, 9.17) is 4.74 Å². The molecule has 0 saturated carbocycles. The van der Waals surface area contributed by atoms with Crippen molar-refractivity contribution >= 4 is 50.3 Å². The molecule has 0 spiro atoms. The first-order chi connectivity index (χ1) is 12.9. The topological polar surface area (TPSA) is 76.0 Å². The number of carbonyl (C=O) groups is 1. The third-order valence-corrected chi connectivity index (χ3v) is 7.30. The molecule has 1 saturated heterocycles. The zero-order valence-corrected chi connectivity index (χ0v) is 16.8. The maximum Gasteiger partial charge on any atom is 0.294 e. The maximum absolute atomic E-state index is 12.7. The van der Waals surface area contributed by atoms with Crippen LogP contribution in [0.5, 0.6) is 5.75 Å². The van der Waals surface area contributed by atoms with Crippen LogP contribution in [0.3, 0.4) is 0 Å². The number of carbonyl (C=O) groups excluding carboxylic acids is 1. The Bertz CT molecular complexity index is 1020. The smallest absolute Gasteiger partial charge is 0.294 e. The van der Waals surface area contributed by atoms with Crippen molar-refractivity contribution in [2.24, 2.45) is 4.40 Å². The average molecular weight is 421 g/mol. The summed E-state index contributed by atoms with van der Waals surface area (Å²) < 4.78 is 34.1. The second-order valence-corrected chi connectivity index (χ2v) is 9.16. The number of benzene rings is 1. The lowest BCUT2D eigenvalue weighted by atomic mass is 10.2. The summed E-state index contributed by atoms with van der Waals surface area (Å²) >= 11 is 2.10. The van der Waals surface area contributed by atoms with E-state index in [1.807, 2.05) is 12.1 Å².